The van der Waals surface area contributed by atoms with E-state index >= 15 is 0 Å². The van der Waals surface area contributed by atoms with E-state index in [1.54, 1.807) is 11.4 Å². The van der Waals surface area contributed by atoms with Gasteiger partial charge in [0.1, 0.15) is 11.2 Å². The minimum Gasteiger partial charge on any atom is -0.451 e. The van der Waals surface area contributed by atoms with Gasteiger partial charge in [0.2, 0.25) is 0 Å². The fourth-order valence-electron chi connectivity index (χ4n) is 3.14. The van der Waals surface area contributed by atoms with E-state index in [-0.39, 0.29) is 18.6 Å². The van der Waals surface area contributed by atoms with Gasteiger partial charge in [-0.2, -0.15) is 4.68 Å². The molecule has 0 unspecified atom stereocenters. The van der Waals surface area contributed by atoms with Crippen LogP contribution in [-0.2, 0) is 9.53 Å². The molecule has 1 saturated carbocycles. The Balaban J connectivity index is 1.54. The average Bonchev–Trinajstić information content (AvgIpc) is 3.27. The van der Waals surface area contributed by atoms with Gasteiger partial charge in [-0.25, -0.2) is 4.79 Å². The second-order valence-electron chi connectivity index (χ2n) is 6.41. The fraction of sp³-hybridized carbons (Fsp3) is 0.562. The first kappa shape index (κ1) is 17.5. The zero-order chi connectivity index (χ0) is 17.8. The monoisotopic (exact) mass is 363 g/mol. The molecule has 0 saturated heterocycles. The summed E-state index contributed by atoms with van der Waals surface area (Å²) < 4.78 is 6.56. The molecule has 0 aromatic carbocycles. The molecule has 8 nitrogen and oxygen atoms in total. The molecule has 3 rings (SSSR count). The molecule has 1 aliphatic rings. The highest BCUT2D eigenvalue weighted by molar-refractivity contribution is 7.12. The minimum atomic E-state index is -0.555. The number of carbonyl (C=O) groups is 2. The summed E-state index contributed by atoms with van der Waals surface area (Å²) in [5, 5.41) is 15.6. The number of nitrogens with zero attached hydrogens (tertiary/aromatic N) is 4. The van der Waals surface area contributed by atoms with E-state index in [0.29, 0.717) is 22.4 Å². The number of amides is 1. The highest BCUT2D eigenvalue weighted by Gasteiger charge is 2.28. The first-order chi connectivity index (χ1) is 12.1. The Hall–Kier alpha value is -2.29. The quantitative estimate of drug-likeness (QED) is 0.814. The Labute approximate surface area is 149 Å². The van der Waals surface area contributed by atoms with Gasteiger partial charge in [0.15, 0.2) is 6.61 Å². The van der Waals surface area contributed by atoms with Crippen molar-refractivity contribution in [2.45, 2.75) is 39.2 Å². The number of aromatic nitrogens is 4. The molecule has 1 fully saturated rings. The van der Waals surface area contributed by atoms with E-state index in [2.05, 4.69) is 34.7 Å². The lowest BCUT2D eigenvalue weighted by molar-refractivity contribution is -0.125. The molecule has 0 aliphatic heterocycles. The van der Waals surface area contributed by atoms with E-state index < -0.39 is 5.97 Å². The first-order valence-electron chi connectivity index (χ1n) is 8.33. The van der Waals surface area contributed by atoms with E-state index in [4.69, 9.17) is 4.74 Å². The van der Waals surface area contributed by atoms with Gasteiger partial charge in [-0.15, -0.1) is 16.4 Å². The molecule has 134 valence electrons. The van der Waals surface area contributed by atoms with Crippen molar-refractivity contribution in [1.29, 1.82) is 0 Å². The lowest BCUT2D eigenvalue weighted by atomic mass is 9.78. The van der Waals surface area contributed by atoms with Crippen LogP contribution in [0.3, 0.4) is 0 Å². The van der Waals surface area contributed by atoms with Crippen LogP contribution in [0.25, 0.3) is 5.69 Å². The van der Waals surface area contributed by atoms with Gasteiger partial charge in [0.25, 0.3) is 5.91 Å². The van der Waals surface area contributed by atoms with Gasteiger partial charge in [-0.05, 0) is 40.1 Å². The van der Waals surface area contributed by atoms with E-state index in [9.17, 15) is 9.59 Å². The molecule has 25 heavy (non-hydrogen) atoms. The molecule has 1 aliphatic carbocycles. The summed E-state index contributed by atoms with van der Waals surface area (Å²) in [6.07, 6.45) is 4.68. The van der Waals surface area contributed by atoms with Crippen LogP contribution in [0.4, 0.5) is 0 Å². The third kappa shape index (κ3) is 4.04. The molecular formula is C16H21N5O3S. The Morgan fingerprint density at radius 3 is 3.00 bits per heavy atom. The predicted molar refractivity (Wildman–Crippen MR) is 91.4 cm³/mol. The summed E-state index contributed by atoms with van der Waals surface area (Å²) in [7, 11) is 0. The molecule has 0 spiro atoms. The molecule has 1 N–H and O–H groups in total. The van der Waals surface area contributed by atoms with Gasteiger partial charge in [-0.3, -0.25) is 4.79 Å². The highest BCUT2D eigenvalue weighted by Crippen LogP contribution is 2.29. The second kappa shape index (κ2) is 7.73. The number of hydrogen-bond donors (Lipinski definition) is 1. The zero-order valence-corrected chi connectivity index (χ0v) is 15.0. The summed E-state index contributed by atoms with van der Waals surface area (Å²) in [6.45, 7) is 4.08. The van der Waals surface area contributed by atoms with Crippen LogP contribution in [0.1, 0.15) is 42.8 Å². The molecular weight excluding hydrogens is 342 g/mol. The Bertz CT molecular complexity index is 730. The van der Waals surface area contributed by atoms with Crippen LogP contribution in [0, 0.1) is 11.8 Å². The first-order valence-corrected chi connectivity index (χ1v) is 9.21. The third-order valence-electron chi connectivity index (χ3n) is 4.81. The zero-order valence-electron chi connectivity index (χ0n) is 14.2. The van der Waals surface area contributed by atoms with Crippen molar-refractivity contribution in [2.24, 2.45) is 11.8 Å². The SMILES string of the molecule is C[C@@H]1[C@H](C)CCC[C@H]1NC(=O)COC(=O)c1sccc1-n1cnnn1. The number of carbonyl (C=O) groups excluding carboxylic acids is 2. The van der Waals surface area contributed by atoms with Crippen molar-refractivity contribution in [1.82, 2.24) is 25.5 Å². The van der Waals surface area contributed by atoms with Gasteiger partial charge in [0, 0.05) is 6.04 Å². The summed E-state index contributed by atoms with van der Waals surface area (Å²) in [6, 6.07) is 1.87. The van der Waals surface area contributed by atoms with Crippen molar-refractivity contribution in [3.05, 3.63) is 22.7 Å². The molecule has 2 heterocycles. The molecule has 0 radical (unpaired) electrons. The number of ether oxygens (including phenoxy) is 1. The van der Waals surface area contributed by atoms with Crippen molar-refractivity contribution >= 4 is 23.2 Å². The van der Waals surface area contributed by atoms with Gasteiger partial charge in [0.05, 0.1) is 5.69 Å². The number of hydrogen-bond acceptors (Lipinski definition) is 7. The maximum absolute atomic E-state index is 12.3. The normalized spacial score (nSPS) is 23.2. The fourth-order valence-corrected chi connectivity index (χ4v) is 3.91. The van der Waals surface area contributed by atoms with Crippen LogP contribution >= 0.6 is 11.3 Å². The van der Waals surface area contributed by atoms with Crippen molar-refractivity contribution in [3.8, 4) is 5.69 Å². The molecule has 2 aromatic rings. The Morgan fingerprint density at radius 2 is 2.24 bits per heavy atom. The van der Waals surface area contributed by atoms with Crippen molar-refractivity contribution < 1.29 is 14.3 Å². The Morgan fingerprint density at radius 1 is 1.40 bits per heavy atom. The molecule has 0 bridgehead atoms. The lowest BCUT2D eigenvalue weighted by Gasteiger charge is -2.34. The number of rotatable bonds is 5. The number of nitrogens with one attached hydrogen (secondary N) is 1. The van der Waals surface area contributed by atoms with Crippen LogP contribution in [-0.4, -0.2) is 44.7 Å². The van der Waals surface area contributed by atoms with Gasteiger partial charge >= 0.3 is 5.97 Å². The van der Waals surface area contributed by atoms with Crippen molar-refractivity contribution in [3.63, 3.8) is 0 Å². The summed E-state index contributed by atoms with van der Waals surface area (Å²) >= 11 is 1.22. The van der Waals surface area contributed by atoms with Crippen LogP contribution in [0.5, 0.6) is 0 Å². The minimum absolute atomic E-state index is 0.147. The van der Waals surface area contributed by atoms with Gasteiger partial charge < -0.3 is 10.1 Å². The molecule has 9 heteroatoms. The maximum Gasteiger partial charge on any atom is 0.351 e. The van der Waals surface area contributed by atoms with E-state index in [1.165, 1.54) is 28.8 Å². The molecule has 1 amide bonds. The number of tetrazole rings is 1. The maximum atomic E-state index is 12.3. The smallest absolute Gasteiger partial charge is 0.351 e. The third-order valence-corrected chi connectivity index (χ3v) is 5.70. The van der Waals surface area contributed by atoms with Crippen molar-refractivity contribution in [2.75, 3.05) is 6.61 Å². The second-order valence-corrected chi connectivity index (χ2v) is 7.32. The summed E-state index contributed by atoms with van der Waals surface area (Å²) in [5.74, 6) is 0.198. The largest absolute Gasteiger partial charge is 0.451 e. The van der Waals surface area contributed by atoms with Crippen LogP contribution in [0.15, 0.2) is 17.8 Å². The number of esters is 1. The molecule has 2 aromatic heterocycles. The van der Waals surface area contributed by atoms with E-state index in [0.717, 1.165) is 12.8 Å². The van der Waals surface area contributed by atoms with Crippen LogP contribution < -0.4 is 5.32 Å². The standard InChI is InChI=1S/C16H21N5O3S/c1-10-4-3-5-12(11(10)2)18-14(22)8-24-16(23)15-13(6-7-25-15)21-9-17-19-20-21/h6-7,9-12H,3-5,8H2,1-2H3,(H,18,22)/t10-,11-,12-/m1/s1. The van der Waals surface area contributed by atoms with Gasteiger partial charge in [-0.1, -0.05) is 26.7 Å². The molecule has 3 atom stereocenters. The van der Waals surface area contributed by atoms with Crippen LogP contribution in [0.2, 0.25) is 0 Å². The predicted octanol–water partition coefficient (Wildman–Crippen LogP) is 1.82. The number of thiophene rings is 1. The van der Waals surface area contributed by atoms with E-state index in [1.807, 2.05) is 0 Å². The Kier molecular flexibility index (Phi) is 5.42. The average molecular weight is 363 g/mol. The highest BCUT2D eigenvalue weighted by atomic mass is 32.1. The lowest BCUT2D eigenvalue weighted by Crippen LogP contribution is -2.45. The summed E-state index contributed by atoms with van der Waals surface area (Å²) in [4.78, 5) is 24.8. The summed E-state index contributed by atoms with van der Waals surface area (Å²) in [5.41, 5.74) is 0.537. The topological polar surface area (TPSA) is 99.0 Å².